The molecule has 1 aromatic carbocycles. The number of nitrogens with one attached hydrogen (secondary N) is 1. The fourth-order valence-electron chi connectivity index (χ4n) is 3.82. The lowest BCUT2D eigenvalue weighted by Crippen LogP contribution is -2.56. The van der Waals surface area contributed by atoms with Gasteiger partial charge in [-0.2, -0.15) is 0 Å². The number of para-hydroxylation sites is 1. The summed E-state index contributed by atoms with van der Waals surface area (Å²) in [5, 5.41) is 2.98. The maximum Gasteiger partial charge on any atom is 0.247 e. The highest BCUT2D eigenvalue weighted by Gasteiger charge is 2.50. The summed E-state index contributed by atoms with van der Waals surface area (Å²) in [5.74, 6) is 2.57. The average Bonchev–Trinajstić information content (AvgIpc) is 3.28. The summed E-state index contributed by atoms with van der Waals surface area (Å²) < 4.78 is 5.34. The standard InChI is InChI=1S/C19H19N3O3/c23-13-16(17-7-4-12-25-17)21-10-8-19(9-11-21)18(24)20-14-22(19)15-5-2-1-3-6-15/h1-7,12H,8-11,14H2,(H,20,24). The molecular weight excluding hydrogens is 318 g/mol. The van der Waals surface area contributed by atoms with Crippen molar-refractivity contribution in [2.24, 2.45) is 0 Å². The molecule has 6 nitrogen and oxygen atoms in total. The maximum absolute atomic E-state index is 12.6. The van der Waals surface area contributed by atoms with E-state index >= 15 is 0 Å². The minimum absolute atomic E-state index is 0.0608. The molecule has 25 heavy (non-hydrogen) atoms. The summed E-state index contributed by atoms with van der Waals surface area (Å²) in [4.78, 5) is 28.1. The molecule has 1 spiro atoms. The molecule has 0 aliphatic carbocycles. The van der Waals surface area contributed by atoms with Crippen LogP contribution in [0.25, 0.3) is 5.70 Å². The summed E-state index contributed by atoms with van der Waals surface area (Å²) in [6.07, 6.45) is 2.82. The van der Waals surface area contributed by atoms with Crippen LogP contribution in [0.1, 0.15) is 18.6 Å². The van der Waals surface area contributed by atoms with Gasteiger partial charge in [0.15, 0.2) is 17.4 Å². The third kappa shape index (κ3) is 2.51. The first-order valence-electron chi connectivity index (χ1n) is 8.39. The molecule has 2 saturated heterocycles. The molecule has 3 heterocycles. The highest BCUT2D eigenvalue weighted by molar-refractivity contribution is 5.93. The Hall–Kier alpha value is -2.98. The first kappa shape index (κ1) is 15.5. The van der Waals surface area contributed by atoms with Gasteiger partial charge >= 0.3 is 0 Å². The van der Waals surface area contributed by atoms with Crippen molar-refractivity contribution in [2.75, 3.05) is 24.7 Å². The van der Waals surface area contributed by atoms with Crippen molar-refractivity contribution in [3.05, 3.63) is 54.5 Å². The predicted molar refractivity (Wildman–Crippen MR) is 93.3 cm³/mol. The Bertz CT molecular complexity index is 802. The molecule has 6 heteroatoms. The van der Waals surface area contributed by atoms with Gasteiger partial charge in [-0.3, -0.25) is 4.79 Å². The van der Waals surface area contributed by atoms with E-state index in [9.17, 15) is 9.59 Å². The van der Waals surface area contributed by atoms with Crippen molar-refractivity contribution in [3.8, 4) is 0 Å². The van der Waals surface area contributed by atoms with Crippen molar-refractivity contribution < 1.29 is 14.0 Å². The third-order valence-corrected chi connectivity index (χ3v) is 5.16. The van der Waals surface area contributed by atoms with Crippen LogP contribution in [-0.2, 0) is 9.59 Å². The van der Waals surface area contributed by atoms with Gasteiger partial charge in [-0.25, -0.2) is 4.79 Å². The molecule has 0 atom stereocenters. The zero-order valence-electron chi connectivity index (χ0n) is 13.8. The summed E-state index contributed by atoms with van der Waals surface area (Å²) in [6.45, 7) is 1.71. The number of rotatable bonds is 3. The van der Waals surface area contributed by atoms with Gasteiger partial charge in [0.25, 0.3) is 0 Å². The highest BCUT2D eigenvalue weighted by atomic mass is 16.3. The second-order valence-corrected chi connectivity index (χ2v) is 6.37. The van der Waals surface area contributed by atoms with E-state index in [1.54, 1.807) is 18.4 Å². The van der Waals surface area contributed by atoms with Crippen LogP contribution in [-0.4, -0.2) is 42.0 Å². The van der Waals surface area contributed by atoms with Crippen molar-refractivity contribution in [3.63, 3.8) is 0 Å². The number of carbonyl (C=O) groups excluding carboxylic acids is 2. The lowest BCUT2D eigenvalue weighted by atomic mass is 9.85. The SMILES string of the molecule is O=C=C(c1ccco1)N1CCC2(CC1)C(=O)NCN2c1ccccc1. The first-order chi connectivity index (χ1) is 12.2. The van der Waals surface area contributed by atoms with Crippen molar-refractivity contribution in [2.45, 2.75) is 18.4 Å². The second-order valence-electron chi connectivity index (χ2n) is 6.37. The molecule has 2 fully saturated rings. The highest BCUT2D eigenvalue weighted by Crippen LogP contribution is 2.37. The van der Waals surface area contributed by atoms with Gasteiger partial charge in [0.1, 0.15) is 5.54 Å². The van der Waals surface area contributed by atoms with E-state index in [1.165, 1.54) is 0 Å². The zero-order chi connectivity index (χ0) is 17.3. The van der Waals surface area contributed by atoms with E-state index < -0.39 is 5.54 Å². The Labute approximate surface area is 145 Å². The molecule has 2 aromatic rings. The number of piperidine rings is 1. The molecule has 0 unspecified atom stereocenters. The summed E-state index contributed by atoms with van der Waals surface area (Å²) in [5.41, 5.74) is 0.894. The molecule has 128 valence electrons. The topological polar surface area (TPSA) is 65.8 Å². The van der Waals surface area contributed by atoms with Crippen LogP contribution < -0.4 is 10.2 Å². The van der Waals surface area contributed by atoms with Gasteiger partial charge in [0.2, 0.25) is 5.91 Å². The van der Waals surface area contributed by atoms with Gasteiger partial charge in [-0.1, -0.05) is 18.2 Å². The van der Waals surface area contributed by atoms with Crippen molar-refractivity contribution in [1.29, 1.82) is 0 Å². The summed E-state index contributed by atoms with van der Waals surface area (Å²) >= 11 is 0. The van der Waals surface area contributed by atoms with E-state index in [2.05, 4.69) is 10.2 Å². The molecule has 0 radical (unpaired) electrons. The van der Waals surface area contributed by atoms with Gasteiger partial charge in [-0.15, -0.1) is 0 Å². The number of furan rings is 1. The molecule has 4 rings (SSSR count). The zero-order valence-corrected chi connectivity index (χ0v) is 13.8. The largest absolute Gasteiger partial charge is 0.462 e. The molecule has 2 aliphatic rings. The van der Waals surface area contributed by atoms with Gasteiger partial charge < -0.3 is 19.5 Å². The number of likely N-dealkylation sites (tertiary alicyclic amines) is 1. The minimum Gasteiger partial charge on any atom is -0.462 e. The van der Waals surface area contributed by atoms with Gasteiger partial charge in [0.05, 0.1) is 12.9 Å². The number of hydrogen-bond donors (Lipinski definition) is 1. The van der Waals surface area contributed by atoms with Crippen LogP contribution in [0.15, 0.2) is 53.1 Å². The quantitative estimate of drug-likeness (QED) is 0.867. The van der Waals surface area contributed by atoms with E-state index in [0.29, 0.717) is 44.1 Å². The lowest BCUT2D eigenvalue weighted by molar-refractivity contribution is -0.124. The number of benzene rings is 1. The number of amides is 1. The number of anilines is 1. The smallest absolute Gasteiger partial charge is 0.247 e. The van der Waals surface area contributed by atoms with E-state index in [0.717, 1.165) is 5.69 Å². The minimum atomic E-state index is -0.561. The summed E-state index contributed by atoms with van der Waals surface area (Å²) in [7, 11) is 0. The van der Waals surface area contributed by atoms with Crippen LogP contribution in [0.2, 0.25) is 0 Å². The Morgan fingerprint density at radius 3 is 2.52 bits per heavy atom. The fraction of sp³-hybridized carbons (Fsp3) is 0.316. The second kappa shape index (κ2) is 6.15. The van der Waals surface area contributed by atoms with Crippen LogP contribution in [0.4, 0.5) is 5.69 Å². The number of hydrogen-bond acceptors (Lipinski definition) is 5. The Morgan fingerprint density at radius 1 is 1.12 bits per heavy atom. The number of nitrogens with zero attached hydrogens (tertiary/aromatic N) is 2. The van der Waals surface area contributed by atoms with Crippen LogP contribution in [0.3, 0.4) is 0 Å². The Morgan fingerprint density at radius 2 is 1.88 bits per heavy atom. The normalized spacial score (nSPS) is 19.0. The summed E-state index contributed by atoms with van der Waals surface area (Å²) in [6, 6.07) is 13.5. The fourth-order valence-corrected chi connectivity index (χ4v) is 3.82. The lowest BCUT2D eigenvalue weighted by Gasteiger charge is -2.43. The molecule has 1 N–H and O–H groups in total. The number of carbonyl (C=O) groups is 1. The van der Waals surface area contributed by atoms with Crippen LogP contribution in [0, 0.1) is 0 Å². The molecule has 1 amide bonds. The van der Waals surface area contributed by atoms with E-state index in [1.807, 2.05) is 41.2 Å². The van der Waals surface area contributed by atoms with E-state index in [4.69, 9.17) is 4.42 Å². The first-order valence-corrected chi connectivity index (χ1v) is 8.39. The monoisotopic (exact) mass is 337 g/mol. The molecule has 1 aromatic heterocycles. The van der Waals surface area contributed by atoms with Crippen molar-refractivity contribution >= 4 is 23.2 Å². The van der Waals surface area contributed by atoms with Crippen molar-refractivity contribution in [1.82, 2.24) is 10.2 Å². The third-order valence-electron chi connectivity index (χ3n) is 5.16. The molecule has 2 aliphatic heterocycles. The Kier molecular flexibility index (Phi) is 3.82. The maximum atomic E-state index is 12.6. The average molecular weight is 337 g/mol. The van der Waals surface area contributed by atoms with Gasteiger partial charge in [0, 0.05) is 18.8 Å². The molecule has 0 saturated carbocycles. The Balaban J connectivity index is 1.57. The predicted octanol–water partition coefficient (Wildman–Crippen LogP) is 1.88. The molecular formula is C19H19N3O3. The van der Waals surface area contributed by atoms with Gasteiger partial charge in [-0.05, 0) is 37.1 Å². The molecule has 0 bridgehead atoms. The van der Waals surface area contributed by atoms with E-state index in [-0.39, 0.29) is 5.91 Å². The van der Waals surface area contributed by atoms with Crippen LogP contribution in [0.5, 0.6) is 0 Å². The van der Waals surface area contributed by atoms with Crippen LogP contribution >= 0.6 is 0 Å².